The van der Waals surface area contributed by atoms with Gasteiger partial charge >= 0.3 is 6.18 Å². The van der Waals surface area contributed by atoms with Crippen LogP contribution in [0.4, 0.5) is 13.2 Å². The minimum atomic E-state index is -4.11. The van der Waals surface area contributed by atoms with Gasteiger partial charge in [-0.3, -0.25) is 0 Å². The van der Waals surface area contributed by atoms with Gasteiger partial charge in [0.15, 0.2) is 0 Å². The summed E-state index contributed by atoms with van der Waals surface area (Å²) in [7, 11) is 0. The zero-order chi connectivity index (χ0) is 11.6. The number of hydrogen-bond donors (Lipinski definition) is 0. The van der Waals surface area contributed by atoms with E-state index in [1.807, 2.05) is 13.8 Å². The predicted octanol–water partition coefficient (Wildman–Crippen LogP) is 4.79. The Morgan fingerprint density at radius 2 is 1.14 bits per heavy atom. The molecule has 0 aliphatic carbocycles. The summed E-state index contributed by atoms with van der Waals surface area (Å²) < 4.78 is 38.9. The maximum atomic E-state index is 13.0. The second-order valence-electron chi connectivity index (χ2n) is 4.45. The average molecular weight is 210 g/mol. The van der Waals surface area contributed by atoms with Crippen molar-refractivity contribution in [2.45, 2.75) is 60.1 Å². The normalized spacial score (nSPS) is 18.0. The van der Waals surface area contributed by atoms with Crippen LogP contribution in [0.5, 0.6) is 0 Å². The smallest absolute Gasteiger partial charge is 0.170 e. The molecule has 0 aromatic rings. The van der Waals surface area contributed by atoms with E-state index in [2.05, 4.69) is 0 Å². The molecule has 14 heavy (non-hydrogen) atoms. The molecule has 0 bridgehead atoms. The zero-order valence-corrected chi connectivity index (χ0v) is 9.76. The number of halogens is 3. The summed E-state index contributed by atoms with van der Waals surface area (Å²) in [5.41, 5.74) is -2.22. The van der Waals surface area contributed by atoms with E-state index in [-0.39, 0.29) is 6.42 Å². The van der Waals surface area contributed by atoms with Crippen LogP contribution in [0.25, 0.3) is 0 Å². The van der Waals surface area contributed by atoms with E-state index < -0.39 is 17.0 Å². The Kier molecular flexibility index (Phi) is 4.05. The third-order valence-corrected chi connectivity index (χ3v) is 4.23. The van der Waals surface area contributed by atoms with E-state index >= 15 is 0 Å². The van der Waals surface area contributed by atoms with Crippen LogP contribution >= 0.6 is 0 Å². The molecule has 0 spiro atoms. The molecule has 0 saturated carbocycles. The van der Waals surface area contributed by atoms with Crippen LogP contribution in [0, 0.1) is 10.8 Å². The predicted molar refractivity (Wildman–Crippen MR) is 53.1 cm³/mol. The van der Waals surface area contributed by atoms with E-state index in [1.165, 1.54) is 6.92 Å². The number of hydrogen-bond acceptors (Lipinski definition) is 0. The average Bonchev–Trinajstić information content (AvgIpc) is 2.13. The van der Waals surface area contributed by atoms with Crippen molar-refractivity contribution < 1.29 is 13.2 Å². The summed E-state index contributed by atoms with van der Waals surface area (Å²) in [4.78, 5) is 0. The Morgan fingerprint density at radius 1 is 0.786 bits per heavy atom. The van der Waals surface area contributed by atoms with Gasteiger partial charge in [0, 0.05) is 0 Å². The lowest BCUT2D eigenvalue weighted by molar-refractivity contribution is -0.259. The zero-order valence-electron chi connectivity index (χ0n) is 9.76. The van der Waals surface area contributed by atoms with Crippen molar-refractivity contribution >= 4 is 0 Å². The fourth-order valence-electron chi connectivity index (χ4n) is 2.00. The van der Waals surface area contributed by atoms with Crippen LogP contribution in [0.1, 0.15) is 53.9 Å². The van der Waals surface area contributed by atoms with Gasteiger partial charge < -0.3 is 0 Å². The molecule has 0 heterocycles. The fraction of sp³-hybridized carbons (Fsp3) is 1.00. The van der Waals surface area contributed by atoms with Gasteiger partial charge in [0.2, 0.25) is 0 Å². The maximum absolute atomic E-state index is 13.0. The largest absolute Gasteiger partial charge is 0.394 e. The van der Waals surface area contributed by atoms with Crippen molar-refractivity contribution in [3.05, 3.63) is 0 Å². The summed E-state index contributed by atoms with van der Waals surface area (Å²) in [5.74, 6) is 0. The molecule has 0 aliphatic rings. The SMILES string of the molecule is CCC(C)(CC)[C@](C)(CC)C(F)(F)F. The Labute approximate surface area is 84.9 Å². The van der Waals surface area contributed by atoms with Gasteiger partial charge in [0.05, 0.1) is 5.41 Å². The monoisotopic (exact) mass is 210 g/mol. The van der Waals surface area contributed by atoms with E-state index in [0.717, 1.165) is 0 Å². The molecule has 0 rings (SSSR count). The Hall–Kier alpha value is -0.210. The molecule has 1 atom stereocenters. The summed E-state index contributed by atoms with van der Waals surface area (Å²) in [6.45, 7) is 8.38. The highest BCUT2D eigenvalue weighted by molar-refractivity contribution is 4.95. The van der Waals surface area contributed by atoms with Crippen LogP contribution in [0.2, 0.25) is 0 Å². The lowest BCUT2D eigenvalue weighted by Gasteiger charge is -2.46. The van der Waals surface area contributed by atoms with Gasteiger partial charge in [-0.1, -0.05) is 34.6 Å². The second kappa shape index (κ2) is 4.11. The van der Waals surface area contributed by atoms with E-state index in [9.17, 15) is 13.2 Å². The molecular weight excluding hydrogens is 189 g/mol. The standard InChI is InChI=1S/C11H21F3/c1-6-9(4,7-2)10(5,8-3)11(12,13)14/h6-8H2,1-5H3/t10-/m0/s1. The van der Waals surface area contributed by atoms with Crippen LogP contribution in [-0.2, 0) is 0 Å². The van der Waals surface area contributed by atoms with Crippen molar-refractivity contribution in [3.63, 3.8) is 0 Å². The van der Waals surface area contributed by atoms with Gasteiger partial charge in [-0.15, -0.1) is 0 Å². The van der Waals surface area contributed by atoms with Crippen molar-refractivity contribution in [2.24, 2.45) is 10.8 Å². The van der Waals surface area contributed by atoms with Crippen LogP contribution in [0.15, 0.2) is 0 Å². The van der Waals surface area contributed by atoms with E-state index in [0.29, 0.717) is 12.8 Å². The summed E-state index contributed by atoms with van der Waals surface area (Å²) in [6.07, 6.45) is -2.84. The van der Waals surface area contributed by atoms with Crippen molar-refractivity contribution in [1.82, 2.24) is 0 Å². The van der Waals surface area contributed by atoms with Crippen molar-refractivity contribution in [2.75, 3.05) is 0 Å². The minimum Gasteiger partial charge on any atom is -0.170 e. The van der Waals surface area contributed by atoms with E-state index in [4.69, 9.17) is 0 Å². The number of alkyl halides is 3. The molecule has 0 aromatic carbocycles. The first-order valence-electron chi connectivity index (χ1n) is 5.25. The van der Waals surface area contributed by atoms with Gasteiger partial charge in [-0.2, -0.15) is 13.2 Å². The van der Waals surface area contributed by atoms with Crippen LogP contribution < -0.4 is 0 Å². The van der Waals surface area contributed by atoms with Crippen molar-refractivity contribution in [1.29, 1.82) is 0 Å². The molecule has 0 radical (unpaired) electrons. The van der Waals surface area contributed by atoms with Gasteiger partial charge in [0.1, 0.15) is 0 Å². The minimum absolute atomic E-state index is 0.147. The highest BCUT2D eigenvalue weighted by Crippen LogP contribution is 2.56. The Balaban J connectivity index is 5.22. The highest BCUT2D eigenvalue weighted by Gasteiger charge is 2.58. The van der Waals surface area contributed by atoms with Gasteiger partial charge in [-0.05, 0) is 24.7 Å². The summed E-state index contributed by atoms with van der Waals surface area (Å²) in [6, 6.07) is 0. The summed E-state index contributed by atoms with van der Waals surface area (Å²) in [5, 5.41) is 0. The maximum Gasteiger partial charge on any atom is 0.394 e. The molecule has 0 aliphatic heterocycles. The first-order valence-corrected chi connectivity index (χ1v) is 5.25. The third-order valence-electron chi connectivity index (χ3n) is 4.23. The highest BCUT2D eigenvalue weighted by atomic mass is 19.4. The molecule has 0 fully saturated rings. The van der Waals surface area contributed by atoms with Gasteiger partial charge in [-0.25, -0.2) is 0 Å². The first kappa shape index (κ1) is 13.8. The lowest BCUT2D eigenvalue weighted by Crippen LogP contribution is -2.47. The molecule has 0 aromatic heterocycles. The fourth-order valence-corrected chi connectivity index (χ4v) is 2.00. The molecule has 0 N–H and O–H groups in total. The third kappa shape index (κ3) is 1.91. The van der Waals surface area contributed by atoms with Crippen LogP contribution in [0.3, 0.4) is 0 Å². The topological polar surface area (TPSA) is 0 Å². The molecule has 0 amide bonds. The van der Waals surface area contributed by atoms with Gasteiger partial charge in [0.25, 0.3) is 0 Å². The first-order chi connectivity index (χ1) is 6.18. The summed E-state index contributed by atoms with van der Waals surface area (Å²) >= 11 is 0. The van der Waals surface area contributed by atoms with E-state index in [1.54, 1.807) is 13.8 Å². The molecule has 3 heteroatoms. The van der Waals surface area contributed by atoms with Crippen LogP contribution in [-0.4, -0.2) is 6.18 Å². The molecule has 0 nitrogen and oxygen atoms in total. The number of rotatable bonds is 4. The Morgan fingerprint density at radius 3 is 1.21 bits per heavy atom. The quantitative estimate of drug-likeness (QED) is 0.625. The lowest BCUT2D eigenvalue weighted by atomic mass is 9.60. The second-order valence-corrected chi connectivity index (χ2v) is 4.45. The molecule has 0 unspecified atom stereocenters. The van der Waals surface area contributed by atoms with Crippen molar-refractivity contribution in [3.8, 4) is 0 Å². The molecular formula is C11H21F3. The Bertz CT molecular complexity index is 179. The molecule has 0 saturated heterocycles. The molecule has 86 valence electrons.